The Labute approximate surface area is 443 Å². The SMILES string of the molecule is CCCCCCC/C=C\C/C=C\CCCCCCCCCCCC(=O)NC(COC1OC(CO)C(O)C(O)C1O)C(O)/C=C/CC/C=C/CC/C=C/CCCCCCCCCCCCCCCCCCCC. The van der Waals surface area contributed by atoms with E-state index in [2.05, 4.69) is 67.8 Å². The molecule has 0 aromatic carbocycles. The third-order valence-electron chi connectivity index (χ3n) is 14.3. The Kier molecular flexibility index (Phi) is 49.4. The lowest BCUT2D eigenvalue weighted by Crippen LogP contribution is -2.60. The Morgan fingerprint density at radius 2 is 0.833 bits per heavy atom. The summed E-state index contributed by atoms with van der Waals surface area (Å²) in [4.78, 5) is 13.1. The summed E-state index contributed by atoms with van der Waals surface area (Å²) in [6.45, 7) is 3.77. The highest BCUT2D eigenvalue weighted by Gasteiger charge is 2.44. The number of amides is 1. The monoisotopic (exact) mass is 1010 g/mol. The number of hydrogen-bond donors (Lipinski definition) is 6. The maximum Gasteiger partial charge on any atom is 0.220 e. The van der Waals surface area contributed by atoms with Crippen molar-refractivity contribution in [1.82, 2.24) is 5.32 Å². The molecule has 0 bridgehead atoms. The Hall–Kier alpha value is -2.11. The van der Waals surface area contributed by atoms with Gasteiger partial charge in [-0.1, -0.05) is 254 Å². The van der Waals surface area contributed by atoms with E-state index in [0.29, 0.717) is 6.42 Å². The Morgan fingerprint density at radius 1 is 0.472 bits per heavy atom. The smallest absolute Gasteiger partial charge is 0.220 e. The van der Waals surface area contributed by atoms with Crippen LogP contribution in [-0.4, -0.2) is 87.5 Å². The van der Waals surface area contributed by atoms with Gasteiger partial charge in [0.2, 0.25) is 5.91 Å². The standard InChI is InChI=1S/C63H115NO8/c1-3-5-7-9-11-13-15-17-19-21-23-25-26-27-28-29-30-31-33-34-36-38-40-42-44-46-48-50-52-57(66)56(55-71-63-62(70)61(69)60(68)58(54-65)72-63)64-59(67)53-51-49-47-45-43-41-39-37-35-32-24-22-20-18-16-14-12-10-8-6-4-2/h16,18,22,24,34,36,42,44,50,52,56-58,60-63,65-66,68-70H,3-15,17,19-21,23,25-33,35,37-41,43,45-49,51,53-55H2,1-2H3,(H,64,67)/b18-16-,24-22-,36-34+,44-42+,52-50+. The van der Waals surface area contributed by atoms with Gasteiger partial charge in [-0.25, -0.2) is 0 Å². The molecule has 0 aromatic heterocycles. The summed E-state index contributed by atoms with van der Waals surface area (Å²) in [7, 11) is 0. The second kappa shape index (κ2) is 52.3. The molecule has 9 heteroatoms. The molecular formula is C63H115NO8. The first-order valence-electron chi connectivity index (χ1n) is 30.5. The van der Waals surface area contributed by atoms with Crippen LogP contribution in [0.5, 0.6) is 0 Å². The van der Waals surface area contributed by atoms with Gasteiger partial charge in [0.05, 0.1) is 25.4 Å². The van der Waals surface area contributed by atoms with Gasteiger partial charge < -0.3 is 40.3 Å². The lowest BCUT2D eigenvalue weighted by Gasteiger charge is -2.40. The number of carbonyl (C=O) groups is 1. The fourth-order valence-electron chi connectivity index (χ4n) is 9.46. The van der Waals surface area contributed by atoms with E-state index in [1.165, 1.54) is 193 Å². The maximum atomic E-state index is 13.1. The van der Waals surface area contributed by atoms with Gasteiger partial charge in [0, 0.05) is 6.42 Å². The number of hydrogen-bond acceptors (Lipinski definition) is 8. The third kappa shape index (κ3) is 41.2. The number of ether oxygens (including phenoxy) is 2. The molecule has 0 aliphatic carbocycles. The minimum absolute atomic E-state index is 0.194. The molecule has 1 amide bonds. The molecule has 0 aromatic rings. The van der Waals surface area contributed by atoms with Gasteiger partial charge in [0.15, 0.2) is 6.29 Å². The van der Waals surface area contributed by atoms with Crippen molar-refractivity contribution < 1.29 is 39.8 Å². The molecule has 0 spiro atoms. The van der Waals surface area contributed by atoms with Crippen molar-refractivity contribution in [2.45, 2.75) is 320 Å². The summed E-state index contributed by atoms with van der Waals surface area (Å²) >= 11 is 0. The molecule has 1 saturated heterocycles. The first-order valence-corrected chi connectivity index (χ1v) is 30.5. The van der Waals surface area contributed by atoms with Crippen LogP contribution in [0.2, 0.25) is 0 Å². The Morgan fingerprint density at radius 3 is 1.25 bits per heavy atom. The van der Waals surface area contributed by atoms with Crippen LogP contribution in [-0.2, 0) is 14.3 Å². The third-order valence-corrected chi connectivity index (χ3v) is 14.3. The Bertz CT molecular complexity index is 1310. The van der Waals surface area contributed by atoms with Crippen LogP contribution >= 0.6 is 0 Å². The molecule has 9 nitrogen and oxygen atoms in total. The summed E-state index contributed by atoms with van der Waals surface area (Å²) < 4.78 is 11.3. The van der Waals surface area contributed by atoms with Gasteiger partial charge in [0.25, 0.3) is 0 Å². The minimum Gasteiger partial charge on any atom is -0.394 e. The predicted octanol–water partition coefficient (Wildman–Crippen LogP) is 15.5. The van der Waals surface area contributed by atoms with E-state index < -0.39 is 49.5 Å². The average molecular weight is 1010 g/mol. The maximum absolute atomic E-state index is 13.1. The second-order valence-electron chi connectivity index (χ2n) is 21.1. The highest BCUT2D eigenvalue weighted by Crippen LogP contribution is 2.23. The van der Waals surface area contributed by atoms with Gasteiger partial charge in [0.1, 0.15) is 24.4 Å². The van der Waals surface area contributed by atoms with Crippen molar-refractivity contribution in [1.29, 1.82) is 0 Å². The van der Waals surface area contributed by atoms with E-state index in [9.17, 15) is 30.3 Å². The molecule has 1 aliphatic rings. The zero-order valence-electron chi connectivity index (χ0n) is 46.7. The number of aliphatic hydroxyl groups is 5. The lowest BCUT2D eigenvalue weighted by molar-refractivity contribution is -0.302. The Balaban J connectivity index is 2.24. The number of nitrogens with one attached hydrogen (secondary N) is 1. The molecule has 1 heterocycles. The molecule has 72 heavy (non-hydrogen) atoms. The zero-order chi connectivity index (χ0) is 52.2. The van der Waals surface area contributed by atoms with Crippen molar-refractivity contribution in [2.75, 3.05) is 13.2 Å². The van der Waals surface area contributed by atoms with Crippen LogP contribution in [0.15, 0.2) is 60.8 Å². The molecule has 6 N–H and O–H groups in total. The van der Waals surface area contributed by atoms with Gasteiger partial charge >= 0.3 is 0 Å². The van der Waals surface area contributed by atoms with Gasteiger partial charge in [-0.2, -0.15) is 0 Å². The molecule has 0 radical (unpaired) electrons. The highest BCUT2D eigenvalue weighted by molar-refractivity contribution is 5.76. The van der Waals surface area contributed by atoms with E-state index in [1.807, 2.05) is 6.08 Å². The largest absolute Gasteiger partial charge is 0.394 e. The minimum atomic E-state index is -1.58. The molecule has 1 rings (SSSR count). The van der Waals surface area contributed by atoms with Crippen LogP contribution in [0.25, 0.3) is 0 Å². The average Bonchev–Trinajstić information content (AvgIpc) is 3.38. The molecule has 420 valence electrons. The summed E-state index contributed by atoms with van der Waals surface area (Å²) in [5, 5.41) is 54.5. The number of aliphatic hydroxyl groups excluding tert-OH is 5. The number of rotatable bonds is 52. The van der Waals surface area contributed by atoms with E-state index in [-0.39, 0.29) is 12.5 Å². The van der Waals surface area contributed by atoms with Crippen molar-refractivity contribution in [2.24, 2.45) is 0 Å². The van der Waals surface area contributed by atoms with Crippen LogP contribution in [0.4, 0.5) is 0 Å². The van der Waals surface area contributed by atoms with E-state index >= 15 is 0 Å². The molecule has 7 unspecified atom stereocenters. The van der Waals surface area contributed by atoms with Crippen LogP contribution in [0, 0.1) is 0 Å². The second-order valence-corrected chi connectivity index (χ2v) is 21.1. The molecular weight excluding hydrogens is 899 g/mol. The van der Waals surface area contributed by atoms with Crippen molar-refractivity contribution in [3.63, 3.8) is 0 Å². The highest BCUT2D eigenvalue weighted by atomic mass is 16.7. The first-order chi connectivity index (χ1) is 35.3. The van der Waals surface area contributed by atoms with Crippen molar-refractivity contribution in [3.05, 3.63) is 60.8 Å². The topological polar surface area (TPSA) is 149 Å². The van der Waals surface area contributed by atoms with Crippen LogP contribution < -0.4 is 5.32 Å². The lowest BCUT2D eigenvalue weighted by atomic mass is 9.99. The summed E-state index contributed by atoms with van der Waals surface area (Å²) in [5.74, 6) is -0.194. The van der Waals surface area contributed by atoms with Gasteiger partial charge in [-0.05, 0) is 77.0 Å². The van der Waals surface area contributed by atoms with E-state index in [4.69, 9.17) is 9.47 Å². The predicted molar refractivity (Wildman–Crippen MR) is 304 cm³/mol. The summed E-state index contributed by atoms with van der Waals surface area (Å²) in [6, 6.07) is -0.834. The van der Waals surface area contributed by atoms with Crippen molar-refractivity contribution in [3.8, 4) is 0 Å². The molecule has 1 fully saturated rings. The zero-order valence-corrected chi connectivity index (χ0v) is 46.7. The number of carbonyl (C=O) groups excluding carboxylic acids is 1. The van der Waals surface area contributed by atoms with Gasteiger partial charge in [-0.15, -0.1) is 0 Å². The fourth-order valence-corrected chi connectivity index (χ4v) is 9.46. The van der Waals surface area contributed by atoms with E-state index in [1.54, 1.807) is 6.08 Å². The fraction of sp³-hybridized carbons (Fsp3) is 0.825. The van der Waals surface area contributed by atoms with Crippen LogP contribution in [0.3, 0.4) is 0 Å². The van der Waals surface area contributed by atoms with E-state index in [0.717, 1.165) is 64.2 Å². The normalized spacial score (nSPS) is 19.6. The first kappa shape index (κ1) is 67.9. The summed E-state index contributed by atoms with van der Waals surface area (Å²) in [5.41, 5.74) is 0. The van der Waals surface area contributed by atoms with Crippen LogP contribution in [0.1, 0.15) is 277 Å². The number of unbranched alkanes of at least 4 members (excludes halogenated alkanes) is 34. The summed E-state index contributed by atoms with van der Waals surface area (Å²) in [6.07, 6.45) is 64.4. The molecule has 0 saturated carbocycles. The number of allylic oxidation sites excluding steroid dienone is 9. The molecule has 1 aliphatic heterocycles. The quantitative estimate of drug-likeness (QED) is 0.0261. The van der Waals surface area contributed by atoms with Crippen molar-refractivity contribution >= 4 is 5.91 Å². The van der Waals surface area contributed by atoms with Gasteiger partial charge in [-0.3, -0.25) is 4.79 Å². The molecule has 7 atom stereocenters.